The van der Waals surface area contributed by atoms with E-state index >= 15 is 0 Å². The summed E-state index contributed by atoms with van der Waals surface area (Å²) in [5, 5.41) is 17.0. The predicted molar refractivity (Wildman–Crippen MR) is 133 cm³/mol. The Morgan fingerprint density at radius 3 is 2.91 bits per heavy atom. The van der Waals surface area contributed by atoms with Crippen LogP contribution in [0.2, 0.25) is 0 Å². The number of thiophene rings is 1. The van der Waals surface area contributed by atoms with Crippen molar-refractivity contribution in [2.45, 2.75) is 26.0 Å². The topological polar surface area (TPSA) is 126 Å². The molecule has 0 unspecified atom stereocenters. The molecule has 0 saturated carbocycles. The van der Waals surface area contributed by atoms with Gasteiger partial charge in [0.2, 0.25) is 0 Å². The fraction of sp³-hybridized carbons (Fsp3) is 0.333. The van der Waals surface area contributed by atoms with E-state index in [9.17, 15) is 4.79 Å². The number of hydrogen-bond donors (Lipinski definition) is 1. The number of fused-ring (bicyclic) bond motifs is 3. The monoisotopic (exact) mass is 493 g/mol. The summed E-state index contributed by atoms with van der Waals surface area (Å²) >= 11 is 1.53. The number of methoxy groups -OCH3 is 1. The van der Waals surface area contributed by atoms with Crippen LogP contribution in [0.25, 0.3) is 22.7 Å². The van der Waals surface area contributed by atoms with Gasteiger partial charge in [-0.2, -0.15) is 16.4 Å². The third-order valence-corrected chi connectivity index (χ3v) is 6.88. The van der Waals surface area contributed by atoms with Crippen molar-refractivity contribution in [1.82, 2.24) is 14.7 Å². The van der Waals surface area contributed by atoms with Crippen LogP contribution in [0.4, 0.5) is 0 Å². The Hall–Kier alpha value is -3.70. The Morgan fingerprint density at radius 2 is 2.23 bits per heavy atom. The number of morpholine rings is 1. The van der Waals surface area contributed by atoms with Crippen LogP contribution in [0.5, 0.6) is 11.5 Å². The molecule has 5 rings (SSSR count). The summed E-state index contributed by atoms with van der Waals surface area (Å²) in [6.45, 7) is 5.54. The summed E-state index contributed by atoms with van der Waals surface area (Å²) in [5.41, 5.74) is 10.5. The quantitative estimate of drug-likeness (QED) is 0.431. The van der Waals surface area contributed by atoms with Gasteiger partial charge in [0.25, 0.3) is 5.91 Å². The SMILES string of the molecule is COc1cc2c(cc1C(=N)N=C[NH-])-c1c(c(C(=O)N3CCOCC3(C)C)nn1-c1ccsc1)CO2. The third kappa shape index (κ3) is 3.86. The second kappa shape index (κ2) is 8.82. The maximum Gasteiger partial charge on any atom is 0.275 e. The first-order chi connectivity index (χ1) is 16.9. The molecule has 2 aromatic heterocycles. The van der Waals surface area contributed by atoms with Crippen molar-refractivity contribution in [3.8, 4) is 28.4 Å². The Bertz CT molecular complexity index is 1330. The number of aromatic nitrogens is 2. The molecule has 4 heterocycles. The van der Waals surface area contributed by atoms with Crippen molar-refractivity contribution in [3.63, 3.8) is 0 Å². The van der Waals surface area contributed by atoms with Gasteiger partial charge in [-0.3, -0.25) is 4.79 Å². The zero-order valence-corrected chi connectivity index (χ0v) is 20.4. The van der Waals surface area contributed by atoms with Crippen LogP contribution in [0, 0.1) is 5.41 Å². The van der Waals surface area contributed by atoms with Crippen LogP contribution < -0.4 is 9.47 Å². The Balaban J connectivity index is 1.71. The van der Waals surface area contributed by atoms with Gasteiger partial charge in [0.05, 0.1) is 43.1 Å². The number of carbonyl (C=O) groups excluding carboxylic acids is 1. The van der Waals surface area contributed by atoms with Gasteiger partial charge in [-0.25, -0.2) is 4.68 Å². The summed E-state index contributed by atoms with van der Waals surface area (Å²) < 4.78 is 18.9. The average molecular weight is 494 g/mol. The van der Waals surface area contributed by atoms with E-state index in [-0.39, 0.29) is 18.3 Å². The van der Waals surface area contributed by atoms with Crippen molar-refractivity contribution in [1.29, 1.82) is 5.41 Å². The highest BCUT2D eigenvalue weighted by atomic mass is 32.1. The Morgan fingerprint density at radius 1 is 1.40 bits per heavy atom. The molecule has 2 aliphatic heterocycles. The number of amidine groups is 1. The normalized spacial score (nSPS) is 16.5. The van der Waals surface area contributed by atoms with E-state index in [1.165, 1.54) is 18.4 Å². The molecule has 0 atom stereocenters. The van der Waals surface area contributed by atoms with Gasteiger partial charge in [-0.15, -0.1) is 6.34 Å². The minimum absolute atomic E-state index is 0.111. The second-order valence-corrected chi connectivity index (χ2v) is 9.62. The Labute approximate surface area is 206 Å². The Kier molecular flexibility index (Phi) is 5.81. The summed E-state index contributed by atoms with van der Waals surface area (Å²) in [4.78, 5) is 19.4. The van der Waals surface area contributed by atoms with Gasteiger partial charge in [0, 0.05) is 34.7 Å². The molecule has 182 valence electrons. The lowest BCUT2D eigenvalue weighted by atomic mass is 9.97. The maximum atomic E-state index is 13.8. The smallest absolute Gasteiger partial charge is 0.275 e. The van der Waals surface area contributed by atoms with E-state index in [0.717, 1.165) is 17.7 Å². The van der Waals surface area contributed by atoms with Crippen LogP contribution in [0.1, 0.15) is 35.5 Å². The average Bonchev–Trinajstić information content (AvgIpc) is 3.50. The van der Waals surface area contributed by atoms with E-state index in [0.29, 0.717) is 53.6 Å². The first kappa shape index (κ1) is 23.1. The van der Waals surface area contributed by atoms with E-state index < -0.39 is 5.54 Å². The van der Waals surface area contributed by atoms with E-state index in [2.05, 4.69) is 4.99 Å². The van der Waals surface area contributed by atoms with Gasteiger partial charge in [-0.05, 0) is 31.4 Å². The second-order valence-electron chi connectivity index (χ2n) is 8.84. The maximum absolute atomic E-state index is 13.8. The largest absolute Gasteiger partial charge is 0.496 e. The molecule has 0 spiro atoms. The standard InChI is InChI=1S/C24H25N6O4S/c1-24(2)12-33-6-5-29(24)23(31)20-17-10-34-19-9-18(32-3)16(22(26)27-13-25)8-15(19)21(17)30(28-20)14-4-7-35-11-14/h4,7-9,11,13H,5-6,10,12H2,1-3H3,(H2-,25,26,27)/q-1. The molecule has 1 fully saturated rings. The molecule has 1 amide bonds. The molecule has 0 radical (unpaired) electrons. The molecule has 1 aromatic carbocycles. The number of carbonyl (C=O) groups is 1. The first-order valence-electron chi connectivity index (χ1n) is 11.0. The number of ether oxygens (including phenoxy) is 3. The fourth-order valence-corrected chi connectivity index (χ4v) is 5.08. The van der Waals surface area contributed by atoms with Crippen LogP contribution >= 0.6 is 11.3 Å². The van der Waals surface area contributed by atoms with Gasteiger partial charge in [0.1, 0.15) is 18.1 Å². The van der Waals surface area contributed by atoms with Gasteiger partial charge < -0.3 is 35.2 Å². The zero-order chi connectivity index (χ0) is 24.7. The van der Waals surface area contributed by atoms with Crippen molar-refractivity contribution in [2.24, 2.45) is 4.99 Å². The number of rotatable bonds is 4. The van der Waals surface area contributed by atoms with Crippen molar-refractivity contribution < 1.29 is 19.0 Å². The summed E-state index contributed by atoms with van der Waals surface area (Å²) in [7, 11) is 1.51. The van der Waals surface area contributed by atoms with Crippen LogP contribution in [-0.4, -0.2) is 65.2 Å². The molecule has 0 aliphatic carbocycles. The van der Waals surface area contributed by atoms with Crippen LogP contribution in [0.15, 0.2) is 34.0 Å². The fourth-order valence-electron chi connectivity index (χ4n) is 4.47. The molecule has 2 aliphatic rings. The van der Waals surface area contributed by atoms with Gasteiger partial charge >= 0.3 is 0 Å². The molecular weight excluding hydrogens is 468 g/mol. The van der Waals surface area contributed by atoms with Gasteiger partial charge in [-0.1, -0.05) is 0 Å². The number of nitrogens with zero attached hydrogens (tertiary/aromatic N) is 4. The highest BCUT2D eigenvalue weighted by Crippen LogP contribution is 2.44. The number of hydrogen-bond acceptors (Lipinski definition) is 7. The predicted octanol–water partition coefficient (Wildman–Crippen LogP) is 4.16. The molecule has 11 heteroatoms. The van der Waals surface area contributed by atoms with Crippen LogP contribution in [0.3, 0.4) is 0 Å². The molecule has 3 aromatic rings. The molecule has 35 heavy (non-hydrogen) atoms. The third-order valence-electron chi connectivity index (χ3n) is 6.20. The number of nitrogens with one attached hydrogen (secondary N) is 2. The number of amides is 1. The highest BCUT2D eigenvalue weighted by Gasteiger charge is 2.39. The lowest BCUT2D eigenvalue weighted by molar-refractivity contribution is -0.0374. The van der Waals surface area contributed by atoms with E-state index in [4.69, 9.17) is 30.5 Å². The number of aliphatic imine (C=N–C) groups is 1. The van der Waals surface area contributed by atoms with E-state index in [1.807, 2.05) is 35.6 Å². The number of benzene rings is 1. The van der Waals surface area contributed by atoms with Crippen molar-refractivity contribution in [3.05, 3.63) is 51.5 Å². The molecule has 10 nitrogen and oxygen atoms in total. The highest BCUT2D eigenvalue weighted by molar-refractivity contribution is 7.08. The van der Waals surface area contributed by atoms with Gasteiger partial charge in [0.15, 0.2) is 5.69 Å². The van der Waals surface area contributed by atoms with Crippen molar-refractivity contribution >= 4 is 29.4 Å². The zero-order valence-electron chi connectivity index (χ0n) is 19.6. The summed E-state index contributed by atoms with van der Waals surface area (Å²) in [5.74, 6) is 0.689. The van der Waals surface area contributed by atoms with Crippen LogP contribution in [-0.2, 0) is 11.3 Å². The summed E-state index contributed by atoms with van der Waals surface area (Å²) in [6.07, 6.45) is 0.819. The summed E-state index contributed by atoms with van der Waals surface area (Å²) in [6, 6.07) is 5.40. The molecule has 0 bridgehead atoms. The minimum Gasteiger partial charge on any atom is -0.496 e. The first-order valence-corrected chi connectivity index (χ1v) is 12.0. The lowest BCUT2D eigenvalue weighted by Gasteiger charge is -2.41. The minimum atomic E-state index is -0.467. The molecule has 2 N–H and O–H groups in total. The molecular formula is C24H25N6O4S-. The lowest BCUT2D eigenvalue weighted by Crippen LogP contribution is -2.55. The van der Waals surface area contributed by atoms with E-state index in [1.54, 1.807) is 16.8 Å². The molecule has 1 saturated heterocycles. The van der Waals surface area contributed by atoms with Crippen molar-refractivity contribution in [2.75, 3.05) is 26.9 Å².